The third kappa shape index (κ3) is 2.54. The summed E-state index contributed by atoms with van der Waals surface area (Å²) >= 11 is 3.72. The van der Waals surface area contributed by atoms with E-state index in [1.165, 1.54) is 11.1 Å². The zero-order valence-corrected chi connectivity index (χ0v) is 11.1. The molecule has 1 aliphatic rings. The lowest BCUT2D eigenvalue weighted by molar-refractivity contribution is 0.573. The van der Waals surface area contributed by atoms with E-state index in [4.69, 9.17) is 0 Å². The van der Waals surface area contributed by atoms with Gasteiger partial charge in [0.05, 0.1) is 0 Å². The van der Waals surface area contributed by atoms with Crippen LogP contribution in [0, 0.1) is 0 Å². The van der Waals surface area contributed by atoms with Crippen molar-refractivity contribution in [3.8, 4) is 0 Å². The lowest BCUT2D eigenvalue weighted by atomic mass is 10.0. The molecule has 0 aliphatic carbocycles. The molecule has 0 spiro atoms. The lowest BCUT2D eigenvalue weighted by Crippen LogP contribution is -2.26. The molecule has 1 aliphatic heterocycles. The third-order valence-electron chi connectivity index (χ3n) is 2.96. The van der Waals surface area contributed by atoms with Crippen LogP contribution in [0.3, 0.4) is 0 Å². The zero-order chi connectivity index (χ0) is 11.5. The van der Waals surface area contributed by atoms with Crippen molar-refractivity contribution in [2.45, 2.75) is 18.3 Å². The number of nitrogens with zero attached hydrogens (tertiary/aromatic N) is 1. The molecule has 0 saturated carbocycles. The minimum Gasteiger partial charge on any atom is -0.303 e. The summed E-state index contributed by atoms with van der Waals surface area (Å²) < 4.78 is 0. The Morgan fingerprint density at radius 2 is 2.29 bits per heavy atom. The van der Waals surface area contributed by atoms with Gasteiger partial charge < -0.3 is 5.32 Å². The largest absolute Gasteiger partial charge is 0.303 e. The number of thiazole rings is 1. The fourth-order valence-electron chi connectivity index (χ4n) is 2.10. The van der Waals surface area contributed by atoms with E-state index in [9.17, 15) is 0 Å². The zero-order valence-electron chi connectivity index (χ0n) is 9.43. The van der Waals surface area contributed by atoms with Crippen molar-refractivity contribution < 1.29 is 0 Å². The van der Waals surface area contributed by atoms with Crippen LogP contribution in [-0.2, 0) is 12.3 Å². The second-order valence-electron chi connectivity index (χ2n) is 4.07. The quantitative estimate of drug-likeness (QED) is 0.919. The SMILES string of the molecule is c1ccc2c(c1)CSCC2NCc1nccs1. The smallest absolute Gasteiger partial charge is 0.106 e. The van der Waals surface area contributed by atoms with E-state index < -0.39 is 0 Å². The highest BCUT2D eigenvalue weighted by molar-refractivity contribution is 7.98. The van der Waals surface area contributed by atoms with Crippen LogP contribution >= 0.6 is 23.1 Å². The van der Waals surface area contributed by atoms with Gasteiger partial charge in [-0.2, -0.15) is 11.8 Å². The summed E-state index contributed by atoms with van der Waals surface area (Å²) in [6, 6.07) is 9.21. The van der Waals surface area contributed by atoms with Crippen LogP contribution in [0.2, 0.25) is 0 Å². The van der Waals surface area contributed by atoms with Crippen molar-refractivity contribution in [3.63, 3.8) is 0 Å². The molecule has 0 amide bonds. The van der Waals surface area contributed by atoms with Crippen LogP contribution in [-0.4, -0.2) is 10.7 Å². The van der Waals surface area contributed by atoms with Crippen LogP contribution in [0.25, 0.3) is 0 Å². The highest BCUT2D eigenvalue weighted by Gasteiger charge is 2.19. The number of thioether (sulfide) groups is 1. The molecule has 1 atom stereocenters. The number of hydrogen-bond acceptors (Lipinski definition) is 4. The van der Waals surface area contributed by atoms with Crippen molar-refractivity contribution in [3.05, 3.63) is 52.0 Å². The van der Waals surface area contributed by atoms with Gasteiger partial charge in [0.1, 0.15) is 5.01 Å². The van der Waals surface area contributed by atoms with Crippen LogP contribution in [0.1, 0.15) is 22.2 Å². The van der Waals surface area contributed by atoms with E-state index in [1.807, 2.05) is 23.3 Å². The first-order chi connectivity index (χ1) is 8.43. The molecule has 1 aromatic carbocycles. The molecule has 0 fully saturated rings. The Morgan fingerprint density at radius 1 is 1.35 bits per heavy atom. The van der Waals surface area contributed by atoms with Gasteiger partial charge in [-0.15, -0.1) is 11.3 Å². The van der Waals surface area contributed by atoms with Crippen LogP contribution in [0.4, 0.5) is 0 Å². The Labute approximate surface area is 109 Å². The molecule has 17 heavy (non-hydrogen) atoms. The monoisotopic (exact) mass is 262 g/mol. The fraction of sp³-hybridized carbons (Fsp3) is 0.308. The molecule has 2 heterocycles. The maximum Gasteiger partial charge on any atom is 0.106 e. The summed E-state index contributed by atoms with van der Waals surface area (Å²) in [6.45, 7) is 0.872. The molecule has 1 unspecified atom stereocenters. The first-order valence-electron chi connectivity index (χ1n) is 5.71. The molecule has 2 nitrogen and oxygen atoms in total. The second kappa shape index (κ2) is 5.21. The number of hydrogen-bond donors (Lipinski definition) is 1. The van der Waals surface area contributed by atoms with E-state index in [2.05, 4.69) is 34.6 Å². The van der Waals surface area contributed by atoms with Crippen molar-refractivity contribution in [2.75, 3.05) is 5.75 Å². The Kier molecular flexibility index (Phi) is 3.45. The molecule has 1 aromatic heterocycles. The maximum absolute atomic E-state index is 4.31. The van der Waals surface area contributed by atoms with E-state index in [-0.39, 0.29) is 0 Å². The summed E-state index contributed by atoms with van der Waals surface area (Å²) in [5.74, 6) is 2.30. The number of fused-ring (bicyclic) bond motifs is 1. The first kappa shape index (κ1) is 11.3. The van der Waals surface area contributed by atoms with Crippen molar-refractivity contribution in [1.82, 2.24) is 10.3 Å². The van der Waals surface area contributed by atoms with E-state index >= 15 is 0 Å². The van der Waals surface area contributed by atoms with Gasteiger partial charge in [0.25, 0.3) is 0 Å². The van der Waals surface area contributed by atoms with Crippen LogP contribution in [0.5, 0.6) is 0 Å². The number of nitrogens with one attached hydrogen (secondary N) is 1. The van der Waals surface area contributed by atoms with Gasteiger partial charge in [-0.25, -0.2) is 4.98 Å². The molecule has 3 rings (SSSR count). The Bertz CT molecular complexity index is 482. The molecule has 1 N–H and O–H groups in total. The average Bonchev–Trinajstić information content (AvgIpc) is 2.89. The Morgan fingerprint density at radius 3 is 3.18 bits per heavy atom. The molecule has 0 bridgehead atoms. The van der Waals surface area contributed by atoms with Crippen LogP contribution in [0.15, 0.2) is 35.8 Å². The number of rotatable bonds is 3. The predicted octanol–water partition coefficient (Wildman–Crippen LogP) is 3.22. The van der Waals surface area contributed by atoms with Gasteiger partial charge in [-0.1, -0.05) is 24.3 Å². The summed E-state index contributed by atoms with van der Waals surface area (Å²) in [4.78, 5) is 4.31. The molecule has 0 radical (unpaired) electrons. The third-order valence-corrected chi connectivity index (χ3v) is 4.82. The summed E-state index contributed by atoms with van der Waals surface area (Å²) in [7, 11) is 0. The fourth-order valence-corrected chi connectivity index (χ4v) is 3.80. The molecule has 4 heteroatoms. The number of aromatic nitrogens is 1. The highest BCUT2D eigenvalue weighted by Crippen LogP contribution is 2.31. The van der Waals surface area contributed by atoms with Crippen molar-refractivity contribution in [1.29, 1.82) is 0 Å². The lowest BCUT2D eigenvalue weighted by Gasteiger charge is -2.25. The molecule has 2 aromatic rings. The van der Waals surface area contributed by atoms with E-state index in [0.29, 0.717) is 6.04 Å². The van der Waals surface area contributed by atoms with Crippen LogP contribution < -0.4 is 5.32 Å². The van der Waals surface area contributed by atoms with Gasteiger partial charge in [-0.3, -0.25) is 0 Å². The maximum atomic E-state index is 4.31. The molecular weight excluding hydrogens is 248 g/mol. The van der Waals surface area contributed by atoms with Gasteiger partial charge in [0.15, 0.2) is 0 Å². The normalized spacial score (nSPS) is 18.9. The van der Waals surface area contributed by atoms with Crippen molar-refractivity contribution >= 4 is 23.1 Å². The molecule has 0 saturated heterocycles. The van der Waals surface area contributed by atoms with Gasteiger partial charge in [0.2, 0.25) is 0 Å². The topological polar surface area (TPSA) is 24.9 Å². The van der Waals surface area contributed by atoms with E-state index in [1.54, 1.807) is 11.3 Å². The highest BCUT2D eigenvalue weighted by atomic mass is 32.2. The minimum atomic E-state index is 0.467. The first-order valence-corrected chi connectivity index (χ1v) is 7.74. The standard InChI is InChI=1S/C13H14N2S2/c1-2-4-11-10(3-1)8-16-9-12(11)15-7-13-14-5-6-17-13/h1-6,12,15H,7-9H2. The summed E-state index contributed by atoms with van der Waals surface area (Å²) in [6.07, 6.45) is 1.87. The summed E-state index contributed by atoms with van der Waals surface area (Å²) in [5, 5.41) is 6.80. The van der Waals surface area contributed by atoms with Gasteiger partial charge in [-0.05, 0) is 11.1 Å². The second-order valence-corrected chi connectivity index (χ2v) is 6.08. The molecular formula is C13H14N2S2. The van der Waals surface area contributed by atoms with Gasteiger partial charge in [0, 0.05) is 35.7 Å². The van der Waals surface area contributed by atoms with Crippen molar-refractivity contribution in [2.24, 2.45) is 0 Å². The Hall–Kier alpha value is -0.840. The predicted molar refractivity (Wildman–Crippen MR) is 74.3 cm³/mol. The van der Waals surface area contributed by atoms with Gasteiger partial charge >= 0.3 is 0 Å². The Balaban J connectivity index is 1.72. The number of benzene rings is 1. The van der Waals surface area contributed by atoms with E-state index in [0.717, 1.165) is 23.1 Å². The summed E-state index contributed by atoms with van der Waals surface area (Å²) in [5.41, 5.74) is 2.93. The average molecular weight is 262 g/mol. The minimum absolute atomic E-state index is 0.467. The molecule has 88 valence electrons.